The molecule has 1 saturated carbocycles. The van der Waals surface area contributed by atoms with E-state index in [1.54, 1.807) is 0 Å². The van der Waals surface area contributed by atoms with E-state index in [2.05, 4.69) is 61.9 Å². The first-order valence-electron chi connectivity index (χ1n) is 11.9. The summed E-state index contributed by atoms with van der Waals surface area (Å²) >= 11 is 0. The number of hydrogen-bond donors (Lipinski definition) is 0. The summed E-state index contributed by atoms with van der Waals surface area (Å²) in [5.74, 6) is 0.771. The first kappa shape index (κ1) is 21.2. The van der Waals surface area contributed by atoms with Gasteiger partial charge in [-0.1, -0.05) is 100 Å². The monoisotopic (exact) mass is 375 g/mol. The molecule has 1 aliphatic rings. The van der Waals surface area contributed by atoms with Crippen molar-refractivity contribution >= 4 is 0 Å². The third kappa shape index (κ3) is 6.80. The van der Waals surface area contributed by atoms with Crippen LogP contribution in [0.2, 0.25) is 0 Å². The van der Waals surface area contributed by atoms with Gasteiger partial charge in [-0.15, -0.1) is 0 Å². The van der Waals surface area contributed by atoms with Gasteiger partial charge in [0, 0.05) is 0 Å². The van der Waals surface area contributed by atoms with Gasteiger partial charge >= 0.3 is 0 Å². The standard InChI is InChI=1S/C28H39/c1-2-3-4-5-6-7-8-10-13-24-16-18-26(19-17-24)28-22-20-27(21-23-28)25-14-11-9-12-15-25/h9,16-23,25H,2-8,10-15H2,1H3. The van der Waals surface area contributed by atoms with Gasteiger partial charge in [-0.3, -0.25) is 0 Å². The summed E-state index contributed by atoms with van der Waals surface area (Å²) in [4.78, 5) is 0. The van der Waals surface area contributed by atoms with Gasteiger partial charge in [0.05, 0.1) is 0 Å². The fraction of sp³-hybridized carbons (Fsp3) is 0.536. The van der Waals surface area contributed by atoms with Gasteiger partial charge in [0.25, 0.3) is 0 Å². The van der Waals surface area contributed by atoms with Crippen LogP contribution in [0.3, 0.4) is 0 Å². The molecule has 0 heteroatoms. The van der Waals surface area contributed by atoms with Gasteiger partial charge < -0.3 is 0 Å². The van der Waals surface area contributed by atoms with E-state index in [0.29, 0.717) is 0 Å². The Morgan fingerprint density at radius 1 is 0.643 bits per heavy atom. The summed E-state index contributed by atoms with van der Waals surface area (Å²) in [6.07, 6.45) is 20.1. The molecule has 0 unspecified atom stereocenters. The van der Waals surface area contributed by atoms with Crippen LogP contribution < -0.4 is 0 Å². The van der Waals surface area contributed by atoms with Crippen molar-refractivity contribution in [3.63, 3.8) is 0 Å². The molecule has 0 N–H and O–H groups in total. The lowest BCUT2D eigenvalue weighted by Crippen LogP contribution is -2.04. The Labute approximate surface area is 173 Å². The highest BCUT2D eigenvalue weighted by atomic mass is 14.2. The molecule has 0 saturated heterocycles. The zero-order valence-electron chi connectivity index (χ0n) is 18.0. The lowest BCUT2D eigenvalue weighted by Gasteiger charge is -2.22. The van der Waals surface area contributed by atoms with Crippen molar-refractivity contribution < 1.29 is 0 Å². The summed E-state index contributed by atoms with van der Waals surface area (Å²) in [6.45, 7) is 2.29. The van der Waals surface area contributed by atoms with Gasteiger partial charge in [-0.2, -0.15) is 0 Å². The van der Waals surface area contributed by atoms with Crippen molar-refractivity contribution in [1.82, 2.24) is 0 Å². The lowest BCUT2D eigenvalue weighted by atomic mass is 9.83. The Balaban J connectivity index is 1.41. The number of rotatable bonds is 11. The van der Waals surface area contributed by atoms with Gasteiger partial charge in [-0.05, 0) is 73.1 Å². The molecule has 1 aliphatic carbocycles. The maximum absolute atomic E-state index is 2.44. The third-order valence-corrected chi connectivity index (χ3v) is 6.43. The van der Waals surface area contributed by atoms with Crippen molar-refractivity contribution in [2.75, 3.05) is 0 Å². The Morgan fingerprint density at radius 3 is 1.79 bits per heavy atom. The van der Waals surface area contributed by atoms with Crippen LogP contribution in [0.15, 0.2) is 48.5 Å². The minimum absolute atomic E-state index is 0.771. The van der Waals surface area contributed by atoms with E-state index in [1.165, 1.54) is 106 Å². The van der Waals surface area contributed by atoms with Gasteiger partial charge in [-0.25, -0.2) is 0 Å². The maximum atomic E-state index is 2.44. The van der Waals surface area contributed by atoms with Crippen LogP contribution in [0.1, 0.15) is 101 Å². The number of unbranched alkanes of at least 4 members (excludes halogenated alkanes) is 7. The van der Waals surface area contributed by atoms with Crippen LogP contribution in [0.4, 0.5) is 0 Å². The van der Waals surface area contributed by atoms with E-state index in [1.807, 2.05) is 0 Å². The molecule has 0 nitrogen and oxygen atoms in total. The number of benzene rings is 2. The maximum Gasteiger partial charge on any atom is -0.0162 e. The van der Waals surface area contributed by atoms with Crippen LogP contribution in [0, 0.1) is 6.42 Å². The molecule has 0 spiro atoms. The second-order valence-corrected chi connectivity index (χ2v) is 8.68. The number of hydrogen-bond acceptors (Lipinski definition) is 0. The molecule has 0 bridgehead atoms. The first-order chi connectivity index (χ1) is 13.9. The largest absolute Gasteiger partial charge is 0.0654 e. The highest BCUT2D eigenvalue weighted by Crippen LogP contribution is 2.33. The molecule has 1 radical (unpaired) electrons. The van der Waals surface area contributed by atoms with E-state index in [-0.39, 0.29) is 0 Å². The molecular weight excluding hydrogens is 336 g/mol. The highest BCUT2D eigenvalue weighted by molar-refractivity contribution is 5.64. The summed E-state index contributed by atoms with van der Waals surface area (Å²) in [6, 6.07) is 18.7. The molecule has 0 amide bonds. The van der Waals surface area contributed by atoms with E-state index in [4.69, 9.17) is 0 Å². The fourth-order valence-corrected chi connectivity index (χ4v) is 4.53. The number of aryl methyl sites for hydroxylation is 1. The molecule has 2 aromatic carbocycles. The third-order valence-electron chi connectivity index (χ3n) is 6.43. The van der Waals surface area contributed by atoms with Crippen molar-refractivity contribution in [1.29, 1.82) is 0 Å². The Hall–Kier alpha value is -1.56. The molecular formula is C28H39. The molecule has 0 atom stereocenters. The van der Waals surface area contributed by atoms with Crippen LogP contribution in [0.25, 0.3) is 11.1 Å². The summed E-state index contributed by atoms with van der Waals surface area (Å²) in [7, 11) is 0. The molecule has 151 valence electrons. The van der Waals surface area contributed by atoms with Crippen LogP contribution in [-0.2, 0) is 6.42 Å². The molecule has 3 rings (SSSR count). The van der Waals surface area contributed by atoms with Crippen molar-refractivity contribution in [3.8, 4) is 11.1 Å². The topological polar surface area (TPSA) is 0 Å². The van der Waals surface area contributed by atoms with Crippen LogP contribution in [0.5, 0.6) is 0 Å². The molecule has 0 aliphatic heterocycles. The SMILES string of the molecule is CCCCCCCCCCc1ccc(-c2ccc(C3CC[CH]CC3)cc2)cc1. The normalized spacial score (nSPS) is 15.0. The molecule has 2 aromatic rings. The molecule has 0 aromatic heterocycles. The van der Waals surface area contributed by atoms with Crippen molar-refractivity contribution in [2.45, 2.75) is 96.3 Å². The zero-order valence-corrected chi connectivity index (χ0v) is 18.0. The van der Waals surface area contributed by atoms with Crippen LogP contribution >= 0.6 is 0 Å². The van der Waals surface area contributed by atoms with E-state index < -0.39 is 0 Å². The summed E-state index contributed by atoms with van der Waals surface area (Å²) < 4.78 is 0. The van der Waals surface area contributed by atoms with E-state index >= 15 is 0 Å². The zero-order chi connectivity index (χ0) is 19.4. The molecule has 0 heterocycles. The molecule has 28 heavy (non-hydrogen) atoms. The average Bonchev–Trinajstić information content (AvgIpc) is 2.77. The Morgan fingerprint density at radius 2 is 1.18 bits per heavy atom. The average molecular weight is 376 g/mol. The van der Waals surface area contributed by atoms with Gasteiger partial charge in [0.1, 0.15) is 0 Å². The van der Waals surface area contributed by atoms with Gasteiger partial charge in [0.2, 0.25) is 0 Å². The predicted molar refractivity (Wildman–Crippen MR) is 124 cm³/mol. The van der Waals surface area contributed by atoms with Crippen molar-refractivity contribution in [2.24, 2.45) is 0 Å². The predicted octanol–water partition coefficient (Wildman–Crippen LogP) is 8.90. The van der Waals surface area contributed by atoms with Crippen LogP contribution in [-0.4, -0.2) is 0 Å². The van der Waals surface area contributed by atoms with E-state index in [0.717, 1.165) is 5.92 Å². The summed E-state index contributed by atoms with van der Waals surface area (Å²) in [5, 5.41) is 0. The quantitative estimate of drug-likeness (QED) is 0.344. The first-order valence-corrected chi connectivity index (χ1v) is 11.9. The lowest BCUT2D eigenvalue weighted by molar-refractivity contribution is 0.512. The Bertz CT molecular complexity index is 643. The highest BCUT2D eigenvalue weighted by Gasteiger charge is 2.15. The Kier molecular flexibility index (Phi) is 9.14. The molecule has 1 fully saturated rings. The van der Waals surface area contributed by atoms with Gasteiger partial charge in [0.15, 0.2) is 0 Å². The fourth-order valence-electron chi connectivity index (χ4n) is 4.53. The summed E-state index contributed by atoms with van der Waals surface area (Å²) in [5.41, 5.74) is 5.72. The van der Waals surface area contributed by atoms with E-state index in [9.17, 15) is 0 Å². The minimum Gasteiger partial charge on any atom is -0.0654 e. The second-order valence-electron chi connectivity index (χ2n) is 8.68. The smallest absolute Gasteiger partial charge is 0.0162 e. The second kappa shape index (κ2) is 12.1. The van der Waals surface area contributed by atoms with Crippen molar-refractivity contribution in [3.05, 3.63) is 66.1 Å². The minimum atomic E-state index is 0.771.